The summed E-state index contributed by atoms with van der Waals surface area (Å²) in [6, 6.07) is 0. The summed E-state index contributed by atoms with van der Waals surface area (Å²) in [6.45, 7) is 2.65. The molecule has 0 aromatic carbocycles. The fraction of sp³-hybridized carbons (Fsp3) is 0.654. The molecule has 55 heavy (non-hydrogen) atoms. The van der Waals surface area contributed by atoms with Gasteiger partial charge in [-0.25, -0.2) is 19.3 Å². The van der Waals surface area contributed by atoms with Crippen LogP contribution in [0.3, 0.4) is 0 Å². The number of hydrogen-bond donors (Lipinski definition) is 5. The summed E-state index contributed by atoms with van der Waals surface area (Å²) in [5.74, 6) is -2.51. The van der Waals surface area contributed by atoms with Crippen LogP contribution in [0.4, 0.5) is 5.82 Å². The maximum Gasteiger partial charge on any atom is 0.274 e. The van der Waals surface area contributed by atoms with Crippen molar-refractivity contribution in [1.29, 1.82) is 0 Å². The van der Waals surface area contributed by atoms with E-state index in [1.54, 1.807) is 0 Å². The number of anilines is 1. The van der Waals surface area contributed by atoms with Crippen molar-refractivity contribution < 1.29 is 85.3 Å². The molecular formula is C26H38N7O18P3S-4. The van der Waals surface area contributed by atoms with Gasteiger partial charge in [-0.1, -0.05) is 25.6 Å². The standard InChI is InChI=1S/C26H42N7O18P3S/c1-13(14(2)34)25(39)55-8-7-28-16(35)5-6-29-23(38)20(37)26(3,4)10-48-54(45,46)51-53(43,44)47-9-15-19(50-52(40,41)42)18(36)24(49-15)33-12-32-17-21(27)30-11-31-22(17)33/h11-13,15,18-20,24,36-37H,5-10H2,1-4H3,(H,28,35)(H,29,38)(H,43,44)(H,45,46)(H2,27,30,31)(H2,40,41,42)/p-4/t13?,15-,18-,19-,20+,24-/m1/s1. The number of hydrogen-bond acceptors (Lipinski definition) is 23. The zero-order valence-electron chi connectivity index (χ0n) is 29.4. The van der Waals surface area contributed by atoms with E-state index in [0.717, 1.165) is 29.0 Å². The lowest BCUT2D eigenvalue weighted by Gasteiger charge is -2.36. The van der Waals surface area contributed by atoms with E-state index >= 15 is 0 Å². The van der Waals surface area contributed by atoms with Crippen molar-refractivity contribution >= 4 is 74.9 Å². The summed E-state index contributed by atoms with van der Waals surface area (Å²) in [5, 5.41) is 25.7. The van der Waals surface area contributed by atoms with E-state index in [4.69, 9.17) is 10.5 Å². The van der Waals surface area contributed by atoms with Crippen LogP contribution in [0.15, 0.2) is 12.7 Å². The van der Waals surface area contributed by atoms with E-state index in [0.29, 0.717) is 0 Å². The number of aliphatic hydroxyl groups is 2. The van der Waals surface area contributed by atoms with Gasteiger partial charge in [0.1, 0.15) is 42.0 Å². The number of aromatic nitrogens is 4. The highest BCUT2D eigenvalue weighted by atomic mass is 32.2. The van der Waals surface area contributed by atoms with Gasteiger partial charge in [0.2, 0.25) is 11.8 Å². The van der Waals surface area contributed by atoms with Crippen LogP contribution < -0.4 is 35.9 Å². The van der Waals surface area contributed by atoms with Crippen molar-refractivity contribution in [1.82, 2.24) is 30.2 Å². The molecule has 2 aromatic heterocycles. The second-order valence-electron chi connectivity index (χ2n) is 12.5. The van der Waals surface area contributed by atoms with Crippen molar-refractivity contribution in [3.8, 4) is 0 Å². The summed E-state index contributed by atoms with van der Waals surface area (Å²) >= 11 is 0.874. The van der Waals surface area contributed by atoms with Gasteiger partial charge in [-0.15, -0.1) is 0 Å². The number of carbonyl (C=O) groups is 4. The van der Waals surface area contributed by atoms with Crippen LogP contribution in [0.25, 0.3) is 11.2 Å². The Bertz CT molecular complexity index is 1860. The number of imidazole rings is 1. The summed E-state index contributed by atoms with van der Waals surface area (Å²) in [4.78, 5) is 107. The molecule has 1 fully saturated rings. The Morgan fingerprint density at radius 2 is 1.73 bits per heavy atom. The SMILES string of the molecule is CC(=O)C(C)C(=O)SCCNC(=O)CCNC(=O)[C@H](O)C(C)(C)COP(=O)([O-])OP(=O)([O-])OC[C@H]1O[C@@H](n2cnc3c(N)ncnc32)[C@H](O)[C@@H]1OP(=O)([O-])[O-]. The molecule has 2 amide bonds. The number of nitrogens with two attached hydrogens (primary N) is 1. The molecule has 1 aliphatic heterocycles. The normalized spacial score (nSPS) is 22.4. The maximum atomic E-state index is 12.5. The Labute approximate surface area is 316 Å². The first kappa shape index (κ1) is 46.6. The quantitative estimate of drug-likeness (QED) is 0.0459. The van der Waals surface area contributed by atoms with Crippen LogP contribution in [0, 0.1) is 11.3 Å². The number of aliphatic hydroxyl groups excluding tert-OH is 2. The Balaban J connectivity index is 1.50. The Morgan fingerprint density at radius 1 is 1.07 bits per heavy atom. The molecule has 8 atom stereocenters. The van der Waals surface area contributed by atoms with Gasteiger partial charge >= 0.3 is 0 Å². The maximum absolute atomic E-state index is 12.5. The van der Waals surface area contributed by atoms with Crippen LogP contribution >= 0.6 is 35.2 Å². The Hall–Kier alpha value is -2.77. The number of ketones is 1. The molecule has 6 N–H and O–H groups in total. The molecule has 3 unspecified atom stereocenters. The minimum Gasteiger partial charge on any atom is -0.790 e. The smallest absolute Gasteiger partial charge is 0.274 e. The first-order valence-corrected chi connectivity index (χ1v) is 21.2. The number of Topliss-reactive ketones (excluding diaryl/α,β-unsaturated/α-hetero) is 1. The van der Waals surface area contributed by atoms with Crippen molar-refractivity contribution in [2.75, 3.05) is 37.8 Å². The third kappa shape index (κ3) is 13.7. The van der Waals surface area contributed by atoms with Crippen LogP contribution in [-0.2, 0) is 55.5 Å². The van der Waals surface area contributed by atoms with Gasteiger partial charge in [0.05, 0.1) is 33.3 Å². The number of nitrogen functional groups attached to an aromatic ring is 1. The van der Waals surface area contributed by atoms with Gasteiger partial charge < -0.3 is 69.0 Å². The predicted octanol–water partition coefficient (Wildman–Crippen LogP) is -3.64. The number of thioether (sulfide) groups is 1. The lowest BCUT2D eigenvalue weighted by molar-refractivity contribution is -0.347. The highest BCUT2D eigenvalue weighted by molar-refractivity contribution is 8.13. The minimum atomic E-state index is -5.92. The first-order chi connectivity index (χ1) is 25.3. The summed E-state index contributed by atoms with van der Waals surface area (Å²) in [7, 11) is -17.6. The number of phosphoric acid groups is 3. The molecule has 1 aliphatic rings. The fourth-order valence-electron chi connectivity index (χ4n) is 4.55. The van der Waals surface area contributed by atoms with Gasteiger partial charge in [-0.05, 0) is 13.8 Å². The van der Waals surface area contributed by atoms with Crippen LogP contribution in [-0.4, -0.2) is 109 Å². The van der Waals surface area contributed by atoms with Crippen LogP contribution in [0.1, 0.15) is 40.3 Å². The summed E-state index contributed by atoms with van der Waals surface area (Å²) in [6.07, 6.45) is -7.70. The lowest BCUT2D eigenvalue weighted by Crippen LogP contribution is -2.46. The van der Waals surface area contributed by atoms with Crippen molar-refractivity contribution in [3.63, 3.8) is 0 Å². The molecule has 2 aromatic rings. The highest BCUT2D eigenvalue weighted by Gasteiger charge is 2.47. The molecule has 3 heterocycles. The van der Waals surface area contributed by atoms with Crippen molar-refractivity contribution in [2.45, 2.75) is 64.8 Å². The molecule has 0 radical (unpaired) electrons. The van der Waals surface area contributed by atoms with E-state index in [-0.39, 0.29) is 53.1 Å². The van der Waals surface area contributed by atoms with E-state index < -0.39 is 90.5 Å². The zero-order chi connectivity index (χ0) is 41.5. The average Bonchev–Trinajstić information content (AvgIpc) is 3.64. The molecule has 0 bridgehead atoms. The monoisotopic (exact) mass is 861 g/mol. The number of carbonyl (C=O) groups excluding carboxylic acids is 4. The summed E-state index contributed by atoms with van der Waals surface area (Å²) in [5.41, 5.74) is 4.03. The third-order valence-electron chi connectivity index (χ3n) is 7.68. The van der Waals surface area contributed by atoms with E-state index in [2.05, 4.69) is 43.5 Å². The highest BCUT2D eigenvalue weighted by Crippen LogP contribution is 2.56. The Kier molecular flexibility index (Phi) is 16.2. The van der Waals surface area contributed by atoms with Crippen molar-refractivity contribution in [2.24, 2.45) is 11.3 Å². The third-order valence-corrected chi connectivity index (χ3v) is 11.7. The zero-order valence-corrected chi connectivity index (χ0v) is 32.9. The molecule has 3 rings (SSSR count). The van der Waals surface area contributed by atoms with E-state index in [1.807, 2.05) is 0 Å². The average molecular weight is 862 g/mol. The number of ether oxygens (including phenoxy) is 1. The molecule has 0 aliphatic carbocycles. The number of phosphoric ester groups is 3. The van der Waals surface area contributed by atoms with Gasteiger partial charge in [0, 0.05) is 30.7 Å². The number of fused-ring (bicyclic) bond motifs is 1. The fourth-order valence-corrected chi connectivity index (χ4v) is 8.11. The predicted molar refractivity (Wildman–Crippen MR) is 178 cm³/mol. The molecule has 1 saturated heterocycles. The van der Waals surface area contributed by atoms with Gasteiger partial charge in [0.15, 0.2) is 22.8 Å². The number of amides is 2. The van der Waals surface area contributed by atoms with Gasteiger partial charge in [0.25, 0.3) is 15.6 Å². The summed E-state index contributed by atoms with van der Waals surface area (Å²) < 4.78 is 60.3. The number of nitrogens with one attached hydrogen (secondary N) is 2. The first-order valence-electron chi connectivity index (χ1n) is 15.8. The second kappa shape index (κ2) is 19.1. The lowest BCUT2D eigenvalue weighted by atomic mass is 9.87. The largest absolute Gasteiger partial charge is 0.790 e. The van der Waals surface area contributed by atoms with E-state index in [9.17, 15) is 62.7 Å². The number of rotatable bonds is 21. The minimum absolute atomic E-state index is 0.0281. The molecule has 25 nitrogen and oxygen atoms in total. The van der Waals surface area contributed by atoms with Crippen molar-refractivity contribution in [3.05, 3.63) is 12.7 Å². The van der Waals surface area contributed by atoms with Gasteiger partial charge in [-0.3, -0.25) is 32.9 Å². The van der Waals surface area contributed by atoms with E-state index in [1.165, 1.54) is 27.7 Å². The molecule has 310 valence electrons. The topological polar surface area (TPSA) is 392 Å². The second-order valence-corrected chi connectivity index (χ2v) is 17.6. The number of nitrogens with zero attached hydrogens (tertiary/aromatic N) is 4. The van der Waals surface area contributed by atoms with Gasteiger partial charge in [-0.2, -0.15) is 0 Å². The molecule has 0 saturated carbocycles. The van der Waals surface area contributed by atoms with Crippen LogP contribution in [0.5, 0.6) is 0 Å². The van der Waals surface area contributed by atoms with Crippen LogP contribution in [0.2, 0.25) is 0 Å². The molecular weight excluding hydrogens is 823 g/mol. The molecule has 29 heteroatoms. The molecule has 0 spiro atoms. The Morgan fingerprint density at radius 3 is 2.36 bits per heavy atom.